The van der Waals surface area contributed by atoms with Gasteiger partial charge in [0.25, 0.3) is 0 Å². The van der Waals surface area contributed by atoms with Crippen LogP contribution in [0.5, 0.6) is 17.4 Å². The van der Waals surface area contributed by atoms with Crippen molar-refractivity contribution in [2.75, 3.05) is 20.2 Å². The fourth-order valence-electron chi connectivity index (χ4n) is 3.33. The van der Waals surface area contributed by atoms with Crippen molar-refractivity contribution in [3.05, 3.63) is 41.9 Å². The van der Waals surface area contributed by atoms with Crippen LogP contribution in [-0.2, 0) is 9.59 Å². The number of hydrogen-bond donors (Lipinski definition) is 1. The predicted octanol–water partition coefficient (Wildman–Crippen LogP) is 2.78. The summed E-state index contributed by atoms with van der Waals surface area (Å²) < 4.78 is 11.1. The fraction of sp³-hybridized carbons (Fsp3) is 0.429. The number of piperidine rings is 1. The van der Waals surface area contributed by atoms with Gasteiger partial charge >= 0.3 is 0 Å². The van der Waals surface area contributed by atoms with E-state index in [0.29, 0.717) is 24.0 Å². The Hall–Kier alpha value is -3.16. The van der Waals surface area contributed by atoms with Crippen molar-refractivity contribution in [1.82, 2.24) is 20.2 Å². The summed E-state index contributed by atoms with van der Waals surface area (Å²) in [5, 5.41) is 2.57. The molecule has 0 bridgehead atoms. The first-order chi connectivity index (χ1) is 14.0. The van der Waals surface area contributed by atoms with E-state index in [1.54, 1.807) is 30.2 Å². The number of methoxy groups -OCH3 is 1. The van der Waals surface area contributed by atoms with Crippen LogP contribution < -0.4 is 14.8 Å². The Labute approximate surface area is 170 Å². The smallest absolute Gasteiger partial charge is 0.242 e. The van der Waals surface area contributed by atoms with Crippen LogP contribution in [0.2, 0.25) is 0 Å². The Bertz CT molecular complexity index is 869. The normalized spacial score (nSPS) is 16.2. The number of carbonyl (C=O) groups is 2. The molecule has 1 saturated heterocycles. The number of ether oxygens (including phenoxy) is 2. The van der Waals surface area contributed by atoms with Crippen molar-refractivity contribution >= 4 is 11.8 Å². The number of hydrogen-bond acceptors (Lipinski definition) is 6. The van der Waals surface area contributed by atoms with Crippen LogP contribution in [0.15, 0.2) is 30.3 Å². The standard InChI is InChI=1S/C21H26N4O4/c1-14-12-19(29-17-9-7-16(28-3)8-10-17)24-21(23-14)18-6-4-5-11-25(18)20(27)13-22-15(2)26/h7-10,12,18H,4-6,11,13H2,1-3H3,(H,22,26). The van der Waals surface area contributed by atoms with Gasteiger partial charge < -0.3 is 19.7 Å². The van der Waals surface area contributed by atoms with E-state index >= 15 is 0 Å². The molecule has 0 saturated carbocycles. The van der Waals surface area contributed by atoms with E-state index in [1.807, 2.05) is 19.1 Å². The van der Waals surface area contributed by atoms with Gasteiger partial charge in [-0.2, -0.15) is 4.98 Å². The van der Waals surface area contributed by atoms with Gasteiger partial charge in [0, 0.05) is 25.2 Å². The molecule has 0 aliphatic carbocycles. The highest BCUT2D eigenvalue weighted by Crippen LogP contribution is 2.31. The Balaban J connectivity index is 1.80. The van der Waals surface area contributed by atoms with Crippen molar-refractivity contribution in [1.29, 1.82) is 0 Å². The highest BCUT2D eigenvalue weighted by atomic mass is 16.5. The number of benzene rings is 1. The van der Waals surface area contributed by atoms with E-state index in [0.717, 1.165) is 30.7 Å². The van der Waals surface area contributed by atoms with Crippen molar-refractivity contribution in [3.63, 3.8) is 0 Å². The number of aromatic nitrogens is 2. The van der Waals surface area contributed by atoms with Gasteiger partial charge in [0.2, 0.25) is 17.7 Å². The summed E-state index contributed by atoms with van der Waals surface area (Å²) in [6.07, 6.45) is 2.68. The maximum absolute atomic E-state index is 12.6. The Morgan fingerprint density at radius 3 is 2.59 bits per heavy atom. The van der Waals surface area contributed by atoms with E-state index in [1.165, 1.54) is 6.92 Å². The highest BCUT2D eigenvalue weighted by Gasteiger charge is 2.30. The lowest BCUT2D eigenvalue weighted by atomic mass is 10.0. The molecule has 2 aromatic rings. The van der Waals surface area contributed by atoms with Gasteiger partial charge in [0.15, 0.2) is 5.82 Å². The van der Waals surface area contributed by atoms with Crippen LogP contribution in [0.25, 0.3) is 0 Å². The van der Waals surface area contributed by atoms with Crippen LogP contribution in [0.4, 0.5) is 0 Å². The summed E-state index contributed by atoms with van der Waals surface area (Å²) in [7, 11) is 1.61. The number of rotatable bonds is 6. The second kappa shape index (κ2) is 9.36. The van der Waals surface area contributed by atoms with E-state index < -0.39 is 0 Å². The van der Waals surface area contributed by atoms with Crippen molar-refractivity contribution in [2.45, 2.75) is 39.2 Å². The third kappa shape index (κ3) is 5.43. The topological polar surface area (TPSA) is 93.7 Å². The molecule has 3 rings (SSSR count). The minimum absolute atomic E-state index is 0.0210. The molecule has 1 aliphatic rings. The third-order valence-corrected chi connectivity index (χ3v) is 4.74. The molecule has 1 aliphatic heterocycles. The van der Waals surface area contributed by atoms with E-state index in [-0.39, 0.29) is 24.4 Å². The number of likely N-dealkylation sites (tertiary alicyclic amines) is 1. The Morgan fingerprint density at radius 1 is 1.17 bits per heavy atom. The molecule has 1 aromatic heterocycles. The second-order valence-electron chi connectivity index (χ2n) is 6.99. The summed E-state index contributed by atoms with van der Waals surface area (Å²) in [5.41, 5.74) is 0.762. The molecule has 8 heteroatoms. The maximum atomic E-state index is 12.6. The van der Waals surface area contributed by atoms with Crippen LogP contribution >= 0.6 is 0 Å². The summed E-state index contributed by atoms with van der Waals surface area (Å²) in [6.45, 7) is 3.87. The number of carbonyl (C=O) groups excluding carboxylic acids is 2. The van der Waals surface area contributed by atoms with Gasteiger partial charge in [-0.05, 0) is 50.5 Å². The minimum Gasteiger partial charge on any atom is -0.497 e. The molecular formula is C21H26N4O4. The monoisotopic (exact) mass is 398 g/mol. The van der Waals surface area contributed by atoms with Gasteiger partial charge in [-0.15, -0.1) is 0 Å². The average Bonchev–Trinajstić information content (AvgIpc) is 2.72. The lowest BCUT2D eigenvalue weighted by Crippen LogP contribution is -2.44. The summed E-state index contributed by atoms with van der Waals surface area (Å²) in [6, 6.07) is 8.77. The molecule has 8 nitrogen and oxygen atoms in total. The third-order valence-electron chi connectivity index (χ3n) is 4.74. The molecule has 2 amide bonds. The van der Waals surface area contributed by atoms with Gasteiger partial charge in [-0.3, -0.25) is 9.59 Å². The number of nitrogens with zero attached hydrogens (tertiary/aromatic N) is 3. The van der Waals surface area contributed by atoms with Gasteiger partial charge in [-0.1, -0.05) is 0 Å². The van der Waals surface area contributed by atoms with Crippen molar-refractivity contribution < 1.29 is 19.1 Å². The van der Waals surface area contributed by atoms with Crippen LogP contribution in [-0.4, -0.2) is 46.9 Å². The molecule has 0 radical (unpaired) electrons. The number of amides is 2. The van der Waals surface area contributed by atoms with Crippen LogP contribution in [0.3, 0.4) is 0 Å². The Morgan fingerprint density at radius 2 is 1.90 bits per heavy atom. The lowest BCUT2D eigenvalue weighted by Gasteiger charge is -2.35. The molecule has 0 spiro atoms. The summed E-state index contributed by atoms with van der Waals surface area (Å²) in [5.74, 6) is 2.01. The molecular weight excluding hydrogens is 372 g/mol. The van der Waals surface area contributed by atoms with Crippen molar-refractivity contribution in [3.8, 4) is 17.4 Å². The van der Waals surface area contributed by atoms with E-state index in [9.17, 15) is 9.59 Å². The molecule has 29 heavy (non-hydrogen) atoms. The zero-order chi connectivity index (χ0) is 20.8. The van der Waals surface area contributed by atoms with Crippen LogP contribution in [0, 0.1) is 6.92 Å². The number of nitrogens with one attached hydrogen (secondary N) is 1. The van der Waals surface area contributed by atoms with E-state index in [4.69, 9.17) is 9.47 Å². The van der Waals surface area contributed by atoms with Crippen LogP contribution in [0.1, 0.15) is 43.7 Å². The average molecular weight is 398 g/mol. The summed E-state index contributed by atoms with van der Waals surface area (Å²) in [4.78, 5) is 34.7. The zero-order valence-electron chi connectivity index (χ0n) is 17.0. The zero-order valence-corrected chi connectivity index (χ0v) is 17.0. The largest absolute Gasteiger partial charge is 0.497 e. The van der Waals surface area contributed by atoms with Gasteiger partial charge in [-0.25, -0.2) is 4.98 Å². The first kappa shape index (κ1) is 20.6. The van der Waals surface area contributed by atoms with Crippen molar-refractivity contribution in [2.24, 2.45) is 0 Å². The van der Waals surface area contributed by atoms with Gasteiger partial charge in [0.05, 0.1) is 19.7 Å². The molecule has 1 fully saturated rings. The fourth-order valence-corrected chi connectivity index (χ4v) is 3.33. The minimum atomic E-state index is -0.233. The van der Waals surface area contributed by atoms with Gasteiger partial charge in [0.1, 0.15) is 11.5 Å². The second-order valence-corrected chi connectivity index (χ2v) is 6.99. The first-order valence-electron chi connectivity index (χ1n) is 9.67. The quantitative estimate of drug-likeness (QED) is 0.804. The molecule has 1 unspecified atom stereocenters. The number of aryl methyl sites for hydroxylation is 1. The highest BCUT2D eigenvalue weighted by molar-refractivity contribution is 5.84. The van der Waals surface area contributed by atoms with E-state index in [2.05, 4.69) is 15.3 Å². The Kier molecular flexibility index (Phi) is 6.64. The maximum Gasteiger partial charge on any atom is 0.242 e. The molecule has 1 atom stereocenters. The first-order valence-corrected chi connectivity index (χ1v) is 9.67. The molecule has 1 N–H and O–H groups in total. The molecule has 2 heterocycles. The SMILES string of the molecule is COc1ccc(Oc2cc(C)nc(C3CCCCN3C(=O)CNC(C)=O)n2)cc1. The molecule has 1 aromatic carbocycles. The molecule has 154 valence electrons. The summed E-state index contributed by atoms with van der Waals surface area (Å²) >= 11 is 0. The predicted molar refractivity (Wildman–Crippen MR) is 107 cm³/mol. The lowest BCUT2D eigenvalue weighted by molar-refractivity contribution is -0.136.